The van der Waals surface area contributed by atoms with Gasteiger partial charge in [-0.3, -0.25) is 4.68 Å². The van der Waals surface area contributed by atoms with Crippen molar-refractivity contribution in [1.82, 2.24) is 9.78 Å². The van der Waals surface area contributed by atoms with Gasteiger partial charge >= 0.3 is 0 Å². The topological polar surface area (TPSA) is 47.3 Å². The number of aliphatic hydroxyl groups excluding tert-OH is 1. The van der Waals surface area contributed by atoms with Crippen LogP contribution in [0, 0.1) is 0 Å². The van der Waals surface area contributed by atoms with Crippen LogP contribution in [0.4, 0.5) is 0 Å². The molecule has 0 saturated heterocycles. The van der Waals surface area contributed by atoms with E-state index in [1.165, 1.54) is 0 Å². The van der Waals surface area contributed by atoms with Crippen molar-refractivity contribution in [1.29, 1.82) is 0 Å². The summed E-state index contributed by atoms with van der Waals surface area (Å²) in [6, 6.07) is 11.7. The van der Waals surface area contributed by atoms with Crippen molar-refractivity contribution >= 4 is 26.7 Å². The number of aliphatic hydroxyl groups is 1. The number of fused-ring (bicyclic) bond motifs is 1. The van der Waals surface area contributed by atoms with Crippen LogP contribution in [0.15, 0.2) is 47.1 Å². The quantitative estimate of drug-likeness (QED) is 0.790. The molecule has 0 radical (unpaired) electrons. The molecule has 0 bridgehead atoms. The summed E-state index contributed by atoms with van der Waals surface area (Å²) in [7, 11) is 3.46. The van der Waals surface area contributed by atoms with E-state index in [0.717, 1.165) is 32.3 Å². The summed E-state index contributed by atoms with van der Waals surface area (Å²) < 4.78 is 7.86. The van der Waals surface area contributed by atoms with E-state index >= 15 is 0 Å². The van der Waals surface area contributed by atoms with Crippen LogP contribution in [0.3, 0.4) is 0 Å². The smallest absolute Gasteiger partial charge is 0.126 e. The highest BCUT2D eigenvalue weighted by Crippen LogP contribution is 2.35. The molecule has 1 atom stereocenters. The van der Waals surface area contributed by atoms with Crippen LogP contribution in [0.1, 0.15) is 17.4 Å². The molecule has 0 aliphatic carbocycles. The second kappa shape index (κ2) is 5.50. The molecule has 1 aromatic heterocycles. The molecule has 0 fully saturated rings. The van der Waals surface area contributed by atoms with Crippen LogP contribution in [-0.4, -0.2) is 22.0 Å². The van der Waals surface area contributed by atoms with Crippen molar-refractivity contribution in [2.24, 2.45) is 7.05 Å². The summed E-state index contributed by atoms with van der Waals surface area (Å²) in [5.41, 5.74) is 1.56. The van der Waals surface area contributed by atoms with Gasteiger partial charge in [0.05, 0.1) is 23.5 Å². The summed E-state index contributed by atoms with van der Waals surface area (Å²) >= 11 is 3.44. The summed E-state index contributed by atoms with van der Waals surface area (Å²) in [5.74, 6) is 0.797. The van der Waals surface area contributed by atoms with E-state index in [-0.39, 0.29) is 0 Å². The number of hydrogen-bond acceptors (Lipinski definition) is 3. The number of hydrogen-bond donors (Lipinski definition) is 1. The summed E-state index contributed by atoms with van der Waals surface area (Å²) in [5, 5.41) is 16.9. The van der Waals surface area contributed by atoms with Gasteiger partial charge in [-0.15, -0.1) is 0 Å². The molecule has 0 spiro atoms. The number of nitrogens with zero attached hydrogens (tertiary/aromatic N) is 2. The Labute approximate surface area is 131 Å². The minimum absolute atomic E-state index is 0.727. The van der Waals surface area contributed by atoms with E-state index in [4.69, 9.17) is 4.74 Å². The second-order valence-electron chi connectivity index (χ2n) is 4.81. The minimum Gasteiger partial charge on any atom is -0.496 e. The van der Waals surface area contributed by atoms with Gasteiger partial charge in [0.15, 0.2) is 0 Å². The first-order valence-corrected chi connectivity index (χ1v) is 7.34. The fraction of sp³-hybridized carbons (Fsp3) is 0.188. The standard InChI is InChI=1S/C16H15BrN2O2/c1-19-15(13(17)9-18-19)16(20)12-7-8-14(21-2)11-6-4-3-5-10(11)12/h3-9,16,20H,1-2H3. The minimum atomic E-state index is -0.761. The average molecular weight is 347 g/mol. The van der Waals surface area contributed by atoms with Crippen LogP contribution in [-0.2, 0) is 7.05 Å². The van der Waals surface area contributed by atoms with Gasteiger partial charge in [-0.1, -0.05) is 30.3 Å². The van der Waals surface area contributed by atoms with E-state index < -0.39 is 6.10 Å². The van der Waals surface area contributed by atoms with Crippen molar-refractivity contribution in [2.75, 3.05) is 7.11 Å². The van der Waals surface area contributed by atoms with Crippen molar-refractivity contribution in [2.45, 2.75) is 6.10 Å². The molecular weight excluding hydrogens is 332 g/mol. The highest BCUT2D eigenvalue weighted by atomic mass is 79.9. The molecule has 21 heavy (non-hydrogen) atoms. The fourth-order valence-electron chi connectivity index (χ4n) is 2.59. The lowest BCUT2D eigenvalue weighted by Gasteiger charge is -2.16. The molecule has 1 unspecified atom stereocenters. The lowest BCUT2D eigenvalue weighted by atomic mass is 9.98. The zero-order valence-electron chi connectivity index (χ0n) is 11.7. The van der Waals surface area contributed by atoms with Crippen LogP contribution in [0.2, 0.25) is 0 Å². The number of methoxy groups -OCH3 is 1. The van der Waals surface area contributed by atoms with Crippen LogP contribution >= 0.6 is 15.9 Å². The summed E-state index contributed by atoms with van der Waals surface area (Å²) in [6.07, 6.45) is 0.923. The second-order valence-corrected chi connectivity index (χ2v) is 5.66. The van der Waals surface area contributed by atoms with E-state index in [9.17, 15) is 5.11 Å². The third kappa shape index (κ3) is 2.32. The van der Waals surface area contributed by atoms with Crippen molar-refractivity contribution in [3.63, 3.8) is 0 Å². The van der Waals surface area contributed by atoms with Gasteiger partial charge in [0.2, 0.25) is 0 Å². The molecule has 2 aromatic carbocycles. The normalized spacial score (nSPS) is 12.6. The lowest BCUT2D eigenvalue weighted by molar-refractivity contribution is 0.210. The van der Waals surface area contributed by atoms with Gasteiger partial charge in [-0.2, -0.15) is 5.10 Å². The molecular formula is C16H15BrN2O2. The van der Waals surface area contributed by atoms with Gasteiger partial charge in [0.25, 0.3) is 0 Å². The van der Waals surface area contributed by atoms with Gasteiger partial charge in [0.1, 0.15) is 11.9 Å². The first-order valence-electron chi connectivity index (χ1n) is 6.54. The third-order valence-corrected chi connectivity index (χ3v) is 4.24. The first kappa shape index (κ1) is 14.1. The molecule has 1 N–H and O–H groups in total. The number of aromatic nitrogens is 2. The number of rotatable bonds is 3. The first-order chi connectivity index (χ1) is 10.1. The number of benzene rings is 2. The molecule has 108 valence electrons. The maximum Gasteiger partial charge on any atom is 0.126 e. The molecule has 3 rings (SSSR count). The molecule has 0 saturated carbocycles. The molecule has 0 aliphatic heterocycles. The molecule has 0 aliphatic rings. The predicted octanol–water partition coefficient (Wildman–Crippen LogP) is 3.43. The van der Waals surface area contributed by atoms with Crippen molar-refractivity contribution < 1.29 is 9.84 Å². The summed E-state index contributed by atoms with van der Waals surface area (Å²) in [4.78, 5) is 0. The zero-order chi connectivity index (χ0) is 15.0. The van der Waals surface area contributed by atoms with Crippen LogP contribution in [0.25, 0.3) is 10.8 Å². The number of ether oxygens (including phenoxy) is 1. The molecule has 4 nitrogen and oxygen atoms in total. The van der Waals surface area contributed by atoms with Crippen LogP contribution in [0.5, 0.6) is 5.75 Å². The molecule has 0 amide bonds. The van der Waals surface area contributed by atoms with Crippen molar-refractivity contribution in [3.05, 3.63) is 58.3 Å². The molecule has 1 heterocycles. The van der Waals surface area contributed by atoms with Gasteiger partial charge < -0.3 is 9.84 Å². The van der Waals surface area contributed by atoms with Gasteiger partial charge in [-0.05, 0) is 32.9 Å². The Morgan fingerprint density at radius 2 is 1.90 bits per heavy atom. The predicted molar refractivity (Wildman–Crippen MR) is 85.5 cm³/mol. The Bertz CT molecular complexity index is 779. The average Bonchev–Trinajstić information content (AvgIpc) is 2.84. The maximum absolute atomic E-state index is 10.8. The highest BCUT2D eigenvalue weighted by molar-refractivity contribution is 9.10. The monoisotopic (exact) mass is 346 g/mol. The van der Waals surface area contributed by atoms with Gasteiger partial charge in [-0.25, -0.2) is 0 Å². The van der Waals surface area contributed by atoms with E-state index in [1.54, 1.807) is 18.0 Å². The maximum atomic E-state index is 10.8. The molecule has 5 heteroatoms. The Morgan fingerprint density at radius 1 is 1.19 bits per heavy atom. The Kier molecular flexibility index (Phi) is 3.69. The third-order valence-electron chi connectivity index (χ3n) is 3.63. The number of aryl methyl sites for hydroxylation is 1. The van der Waals surface area contributed by atoms with E-state index in [0.29, 0.717) is 0 Å². The zero-order valence-corrected chi connectivity index (χ0v) is 13.3. The highest BCUT2D eigenvalue weighted by Gasteiger charge is 2.20. The Balaban J connectivity index is 2.22. The Hall–Kier alpha value is -1.85. The Morgan fingerprint density at radius 3 is 2.52 bits per heavy atom. The van der Waals surface area contributed by atoms with Crippen molar-refractivity contribution in [3.8, 4) is 5.75 Å². The van der Waals surface area contributed by atoms with Crippen LogP contribution < -0.4 is 4.74 Å². The lowest BCUT2D eigenvalue weighted by Crippen LogP contribution is -2.08. The molecule has 3 aromatic rings. The SMILES string of the molecule is COc1ccc(C(O)c2c(Br)cnn2C)c2ccccc12. The fourth-order valence-corrected chi connectivity index (χ4v) is 3.15. The largest absolute Gasteiger partial charge is 0.496 e. The summed E-state index contributed by atoms with van der Waals surface area (Å²) in [6.45, 7) is 0. The number of halogens is 1. The van der Waals surface area contributed by atoms with Gasteiger partial charge in [0, 0.05) is 12.4 Å². The van der Waals surface area contributed by atoms with E-state index in [2.05, 4.69) is 21.0 Å². The van der Waals surface area contributed by atoms with E-state index in [1.807, 2.05) is 43.4 Å².